The first-order valence-corrected chi connectivity index (χ1v) is 1.37. The van der Waals surface area contributed by atoms with Crippen molar-refractivity contribution in [2.75, 3.05) is 0 Å². The molecule has 0 unspecified atom stereocenters. The van der Waals surface area contributed by atoms with Crippen molar-refractivity contribution in [3.63, 3.8) is 0 Å². The molecule has 0 atom stereocenters. The van der Waals surface area contributed by atoms with E-state index in [2.05, 4.69) is 0 Å². The van der Waals surface area contributed by atoms with Crippen LogP contribution in [-0.2, 0) is 4.79 Å². The molecule has 42 valence electrons. The van der Waals surface area contributed by atoms with Crippen LogP contribution in [0.2, 0.25) is 0 Å². The summed E-state index contributed by atoms with van der Waals surface area (Å²) in [6, 6.07) is 0. The number of hydrogen-bond donors (Lipinski definition) is 0. The van der Waals surface area contributed by atoms with E-state index in [-0.39, 0.29) is 0 Å². The summed E-state index contributed by atoms with van der Waals surface area (Å²) in [5.41, 5.74) is 0. The molecule has 0 rings (SSSR count). The molecule has 0 saturated carbocycles. The van der Waals surface area contributed by atoms with Gasteiger partial charge in [0.2, 0.25) is 5.78 Å². The molecule has 0 spiro atoms. The third-order valence-corrected chi connectivity index (χ3v) is 0.316. The predicted molar refractivity (Wildman–Crippen MR) is 16.7 cm³/mol. The molecule has 0 aliphatic carbocycles. The molecule has 0 aromatic carbocycles. The van der Waals surface area contributed by atoms with Crippen molar-refractivity contribution < 1.29 is 19.3 Å². The fourth-order valence-corrected chi connectivity index (χ4v) is 0. The molecule has 0 fully saturated rings. The van der Waals surface area contributed by atoms with Gasteiger partial charge in [0.25, 0.3) is 0 Å². The van der Waals surface area contributed by atoms with Gasteiger partial charge in [-0.25, -0.2) is 0 Å². The Bertz CT molecular complexity index is 97.2. The second kappa shape index (κ2) is 1.52. The van der Waals surface area contributed by atoms with Gasteiger partial charge in [-0.1, -0.05) is 0 Å². The third-order valence-electron chi connectivity index (χ3n) is 0.316. The van der Waals surface area contributed by atoms with Gasteiger partial charge in [-0.05, 0) is 0 Å². The van der Waals surface area contributed by atoms with Crippen LogP contribution < -0.4 is 0 Å². The molecular formula is C3H3F3O. The van der Waals surface area contributed by atoms with Crippen LogP contribution >= 0.6 is 0 Å². The Morgan fingerprint density at radius 2 is 2.14 bits per heavy atom. The zero-order valence-corrected chi connectivity index (χ0v) is 3.25. The van der Waals surface area contributed by atoms with E-state index in [0.717, 1.165) is 0 Å². The van der Waals surface area contributed by atoms with Crippen LogP contribution in [0.25, 0.3) is 0 Å². The Morgan fingerprint density at radius 1 is 1.71 bits per heavy atom. The molecular weight excluding hydrogens is 109 g/mol. The second-order valence-corrected chi connectivity index (χ2v) is 0.921. The van der Waals surface area contributed by atoms with Crippen LogP contribution in [0.5, 0.6) is 0 Å². The zero-order valence-electron chi connectivity index (χ0n) is 4.25. The number of alkyl halides is 3. The summed E-state index contributed by atoms with van der Waals surface area (Å²) in [5, 5.41) is 0. The summed E-state index contributed by atoms with van der Waals surface area (Å²) in [6.07, 6.45) is -4.82. The fraction of sp³-hybridized carbons (Fsp3) is 0.667. The van der Waals surface area contributed by atoms with E-state index in [1.807, 2.05) is 0 Å². The van der Waals surface area contributed by atoms with E-state index in [4.69, 9.17) is 1.37 Å². The van der Waals surface area contributed by atoms with E-state index in [9.17, 15) is 18.0 Å². The highest BCUT2D eigenvalue weighted by molar-refractivity contribution is 5.81. The normalized spacial score (nSPS) is 13.3. The molecule has 0 saturated heterocycles. The highest BCUT2D eigenvalue weighted by atomic mass is 19.4. The lowest BCUT2D eigenvalue weighted by atomic mass is 10.5. The van der Waals surface area contributed by atoms with Gasteiger partial charge in [-0.2, -0.15) is 13.2 Å². The molecule has 0 aromatic heterocycles. The molecule has 7 heavy (non-hydrogen) atoms. The second-order valence-electron chi connectivity index (χ2n) is 0.921. The van der Waals surface area contributed by atoms with Crippen molar-refractivity contribution in [3.8, 4) is 0 Å². The lowest BCUT2D eigenvalue weighted by Crippen LogP contribution is -2.18. The molecule has 0 radical (unpaired) electrons. The molecule has 0 N–H and O–H groups in total. The Labute approximate surface area is 39.5 Å². The first-order chi connectivity index (χ1) is 3.48. The Kier molecular flexibility index (Phi) is 1.00. The minimum Gasteiger partial charge on any atom is -0.290 e. The Morgan fingerprint density at radius 3 is 2.14 bits per heavy atom. The summed E-state index contributed by atoms with van der Waals surface area (Å²) in [7, 11) is 0. The maximum Gasteiger partial charge on any atom is 0.449 e. The van der Waals surface area contributed by atoms with Crippen molar-refractivity contribution in [3.05, 3.63) is 0 Å². The number of hydrogen-bond acceptors (Lipinski definition) is 1. The molecule has 1 nitrogen and oxygen atoms in total. The maximum atomic E-state index is 11.0. The molecule has 0 aliphatic rings. The molecule has 0 aliphatic heterocycles. The molecule has 4 heteroatoms. The first-order valence-electron chi connectivity index (χ1n) is 2.08. The Balaban J connectivity index is 3.82. The van der Waals surface area contributed by atoms with Gasteiger partial charge >= 0.3 is 6.18 Å². The highest BCUT2D eigenvalue weighted by Gasteiger charge is 2.33. The van der Waals surface area contributed by atoms with Gasteiger partial charge in [-0.15, -0.1) is 0 Å². The van der Waals surface area contributed by atoms with Crippen LogP contribution in [-0.4, -0.2) is 12.0 Å². The number of carbonyl (C=O) groups excluding carboxylic acids is 1. The topological polar surface area (TPSA) is 17.1 Å². The standard InChI is InChI=1S/C3H3F3O/c1-2(7)3(4,5)6/h1H3/i1D. The van der Waals surface area contributed by atoms with Crippen LogP contribution in [0.4, 0.5) is 13.2 Å². The van der Waals surface area contributed by atoms with E-state index in [0.29, 0.717) is 0 Å². The minimum absolute atomic E-state index is 1.22. The smallest absolute Gasteiger partial charge is 0.290 e. The number of ketones is 1. The van der Waals surface area contributed by atoms with E-state index in [1.54, 1.807) is 0 Å². The number of rotatable bonds is 0. The van der Waals surface area contributed by atoms with Crippen molar-refractivity contribution >= 4 is 5.78 Å². The van der Waals surface area contributed by atoms with Crippen LogP contribution in [0.1, 0.15) is 8.27 Å². The van der Waals surface area contributed by atoms with Gasteiger partial charge < -0.3 is 0 Å². The van der Waals surface area contributed by atoms with Crippen molar-refractivity contribution in [2.45, 2.75) is 13.1 Å². The molecule has 0 amide bonds. The SMILES string of the molecule is [2H]CC(=O)C(F)(F)F. The largest absolute Gasteiger partial charge is 0.449 e. The number of halogens is 3. The van der Waals surface area contributed by atoms with Gasteiger partial charge in [-0.3, -0.25) is 4.79 Å². The predicted octanol–water partition coefficient (Wildman–Crippen LogP) is 1.14. The first kappa shape index (κ1) is 4.61. The van der Waals surface area contributed by atoms with Gasteiger partial charge in [0.05, 0.1) is 0 Å². The highest BCUT2D eigenvalue weighted by Crippen LogP contribution is 2.14. The lowest BCUT2D eigenvalue weighted by Gasteiger charge is -1.95. The van der Waals surface area contributed by atoms with Crippen LogP contribution in [0.3, 0.4) is 0 Å². The quantitative estimate of drug-likeness (QED) is 0.460. The van der Waals surface area contributed by atoms with Crippen molar-refractivity contribution in [1.29, 1.82) is 0 Å². The van der Waals surface area contributed by atoms with Crippen molar-refractivity contribution in [2.24, 2.45) is 0 Å². The van der Waals surface area contributed by atoms with E-state index >= 15 is 0 Å². The van der Waals surface area contributed by atoms with E-state index in [1.165, 1.54) is 0 Å². The summed E-state index contributed by atoms with van der Waals surface area (Å²) in [6.45, 7) is -1.22. The Hall–Kier alpha value is -0.540. The minimum atomic E-state index is -4.82. The average Bonchev–Trinajstić information content (AvgIpc) is 1.62. The molecule has 0 aromatic rings. The average molecular weight is 113 g/mol. The summed E-state index contributed by atoms with van der Waals surface area (Å²) < 4.78 is 38.9. The van der Waals surface area contributed by atoms with Gasteiger partial charge in [0, 0.05) is 8.27 Å². The van der Waals surface area contributed by atoms with Crippen LogP contribution in [0, 0.1) is 0 Å². The lowest BCUT2D eigenvalue weighted by molar-refractivity contribution is -0.168. The summed E-state index contributed by atoms with van der Waals surface area (Å²) in [4.78, 5) is 9.52. The fourth-order valence-electron chi connectivity index (χ4n) is 0. The summed E-state index contributed by atoms with van der Waals surface area (Å²) in [5.74, 6) is -2.00. The monoisotopic (exact) mass is 113 g/mol. The number of Topliss-reactive ketones (excluding diaryl/α,β-unsaturated/α-hetero) is 1. The van der Waals surface area contributed by atoms with Gasteiger partial charge in [0.1, 0.15) is 0 Å². The van der Waals surface area contributed by atoms with Crippen molar-refractivity contribution in [1.82, 2.24) is 0 Å². The third kappa shape index (κ3) is 2.19. The van der Waals surface area contributed by atoms with Gasteiger partial charge in [0.15, 0.2) is 0 Å². The molecule has 0 bridgehead atoms. The van der Waals surface area contributed by atoms with E-state index < -0.39 is 18.9 Å². The van der Waals surface area contributed by atoms with Crippen LogP contribution in [0.15, 0.2) is 0 Å². The molecule has 0 heterocycles. The maximum absolute atomic E-state index is 11.0. The number of carbonyl (C=O) groups is 1. The summed E-state index contributed by atoms with van der Waals surface area (Å²) >= 11 is 0. The zero-order chi connectivity index (χ0) is 6.78.